The number of amides is 1. The molecule has 0 atom stereocenters. The molecule has 7 heteroatoms. The first-order chi connectivity index (χ1) is 13.1. The van der Waals surface area contributed by atoms with Crippen molar-refractivity contribution in [2.75, 3.05) is 0 Å². The molecule has 4 rings (SSSR count). The molecule has 27 heavy (non-hydrogen) atoms. The Kier molecular flexibility index (Phi) is 4.43. The van der Waals surface area contributed by atoms with E-state index in [0.29, 0.717) is 16.8 Å². The van der Waals surface area contributed by atoms with Crippen molar-refractivity contribution in [3.8, 4) is 5.69 Å². The fourth-order valence-electron chi connectivity index (χ4n) is 3.87. The van der Waals surface area contributed by atoms with E-state index in [0.717, 1.165) is 30.3 Å². The second-order valence-corrected chi connectivity index (χ2v) is 7.09. The highest BCUT2D eigenvalue weighted by atomic mass is 16.2. The van der Waals surface area contributed by atoms with Crippen molar-refractivity contribution in [3.05, 3.63) is 62.9 Å². The normalized spacial score (nSPS) is 15.1. The lowest BCUT2D eigenvalue weighted by Gasteiger charge is -2.22. The van der Waals surface area contributed by atoms with Gasteiger partial charge in [0.2, 0.25) is 0 Å². The molecule has 0 saturated heterocycles. The van der Waals surface area contributed by atoms with Crippen molar-refractivity contribution in [1.29, 1.82) is 0 Å². The number of hydrogen-bond donors (Lipinski definition) is 2. The molecule has 1 amide bonds. The van der Waals surface area contributed by atoms with E-state index in [4.69, 9.17) is 0 Å². The minimum atomic E-state index is -0.559. The monoisotopic (exact) mass is 366 g/mol. The molecular formula is C20H22N4O3. The lowest BCUT2D eigenvalue weighted by atomic mass is 9.95. The Balaban J connectivity index is 1.80. The van der Waals surface area contributed by atoms with Crippen LogP contribution < -0.4 is 16.6 Å². The average molecular weight is 366 g/mol. The molecule has 3 aromatic rings. The lowest BCUT2D eigenvalue weighted by molar-refractivity contribution is 0.0929. The van der Waals surface area contributed by atoms with Crippen molar-refractivity contribution < 1.29 is 4.79 Å². The van der Waals surface area contributed by atoms with E-state index >= 15 is 0 Å². The second kappa shape index (κ2) is 6.90. The molecule has 1 saturated carbocycles. The first kappa shape index (κ1) is 17.3. The van der Waals surface area contributed by atoms with Crippen LogP contribution in [-0.4, -0.2) is 26.1 Å². The van der Waals surface area contributed by atoms with Crippen LogP contribution in [0.4, 0.5) is 0 Å². The maximum atomic E-state index is 13.0. The van der Waals surface area contributed by atoms with Gasteiger partial charge in [-0.15, -0.1) is 0 Å². The summed E-state index contributed by atoms with van der Waals surface area (Å²) in [5.74, 6) is -0.250. The van der Waals surface area contributed by atoms with Gasteiger partial charge in [0.1, 0.15) is 5.52 Å². The molecule has 2 aromatic heterocycles. The van der Waals surface area contributed by atoms with Crippen LogP contribution in [0.1, 0.15) is 42.5 Å². The predicted molar refractivity (Wildman–Crippen MR) is 103 cm³/mol. The zero-order chi connectivity index (χ0) is 19.0. The molecule has 0 aliphatic heterocycles. The van der Waals surface area contributed by atoms with E-state index in [2.05, 4.69) is 10.3 Å². The minimum Gasteiger partial charge on any atom is -0.349 e. The number of para-hydroxylation sites is 1. The highest BCUT2D eigenvalue weighted by Crippen LogP contribution is 2.20. The maximum Gasteiger partial charge on any atom is 0.333 e. The summed E-state index contributed by atoms with van der Waals surface area (Å²) in [6.45, 7) is 0. The summed E-state index contributed by atoms with van der Waals surface area (Å²) in [6.07, 6.45) is 6.96. The van der Waals surface area contributed by atoms with Crippen molar-refractivity contribution in [2.24, 2.45) is 7.05 Å². The summed E-state index contributed by atoms with van der Waals surface area (Å²) >= 11 is 0. The quantitative estimate of drug-likeness (QED) is 0.744. The van der Waals surface area contributed by atoms with Crippen molar-refractivity contribution in [2.45, 2.75) is 38.1 Å². The van der Waals surface area contributed by atoms with Gasteiger partial charge in [-0.1, -0.05) is 37.5 Å². The first-order valence-electron chi connectivity index (χ1n) is 9.27. The van der Waals surface area contributed by atoms with Gasteiger partial charge in [-0.05, 0) is 25.0 Å². The first-order valence-corrected chi connectivity index (χ1v) is 9.27. The Bertz CT molecular complexity index is 1100. The van der Waals surface area contributed by atoms with E-state index in [1.807, 2.05) is 6.07 Å². The third-order valence-electron chi connectivity index (χ3n) is 5.22. The van der Waals surface area contributed by atoms with Crippen LogP contribution in [0.25, 0.3) is 16.7 Å². The Morgan fingerprint density at radius 1 is 1.11 bits per heavy atom. The summed E-state index contributed by atoms with van der Waals surface area (Å²) in [4.78, 5) is 41.1. The number of H-pyrrole nitrogens is 1. The third-order valence-corrected chi connectivity index (χ3v) is 5.22. The molecule has 2 N–H and O–H groups in total. The minimum absolute atomic E-state index is 0.151. The second-order valence-electron chi connectivity index (χ2n) is 7.09. The summed E-state index contributed by atoms with van der Waals surface area (Å²) < 4.78 is 2.69. The molecule has 0 spiro atoms. The number of aryl methyl sites for hydroxylation is 1. The van der Waals surface area contributed by atoms with E-state index in [1.54, 1.807) is 42.1 Å². The van der Waals surface area contributed by atoms with Crippen LogP contribution in [-0.2, 0) is 7.05 Å². The van der Waals surface area contributed by atoms with E-state index in [9.17, 15) is 14.4 Å². The summed E-state index contributed by atoms with van der Waals surface area (Å²) in [6, 6.07) is 8.89. The topological polar surface area (TPSA) is 88.9 Å². The van der Waals surface area contributed by atoms with Gasteiger partial charge >= 0.3 is 5.69 Å². The van der Waals surface area contributed by atoms with Crippen molar-refractivity contribution in [1.82, 2.24) is 19.4 Å². The highest BCUT2D eigenvalue weighted by Gasteiger charge is 2.22. The summed E-state index contributed by atoms with van der Waals surface area (Å²) in [5, 5.41) is 3.04. The molecule has 140 valence electrons. The van der Waals surface area contributed by atoms with Gasteiger partial charge in [-0.3, -0.25) is 9.59 Å². The maximum absolute atomic E-state index is 13.0. The van der Waals surface area contributed by atoms with Crippen LogP contribution in [0.15, 0.2) is 46.1 Å². The van der Waals surface area contributed by atoms with Crippen LogP contribution in [0.5, 0.6) is 0 Å². The van der Waals surface area contributed by atoms with Gasteiger partial charge < -0.3 is 14.9 Å². The Hall–Kier alpha value is -3.09. The smallest absolute Gasteiger partial charge is 0.333 e. The largest absolute Gasteiger partial charge is 0.349 e. The highest BCUT2D eigenvalue weighted by molar-refractivity contribution is 6.05. The number of carbonyl (C=O) groups is 1. The molecule has 1 fully saturated rings. The van der Waals surface area contributed by atoms with Gasteiger partial charge in [0.25, 0.3) is 11.5 Å². The van der Waals surface area contributed by atoms with Crippen molar-refractivity contribution in [3.63, 3.8) is 0 Å². The van der Waals surface area contributed by atoms with Gasteiger partial charge in [0.15, 0.2) is 0 Å². The fraction of sp³-hybridized carbons (Fsp3) is 0.350. The van der Waals surface area contributed by atoms with E-state index in [1.165, 1.54) is 6.42 Å². The SMILES string of the molecule is Cn1cc(C(=O)NC2CCCCC2)c2[nH]c(=O)n(-c3ccccc3)c(=O)c21. The number of carbonyl (C=O) groups excluding carboxylic acids is 1. The number of nitrogens with zero attached hydrogens (tertiary/aromatic N) is 2. The molecule has 1 aliphatic carbocycles. The number of hydrogen-bond acceptors (Lipinski definition) is 3. The molecule has 7 nitrogen and oxygen atoms in total. The van der Waals surface area contributed by atoms with E-state index in [-0.39, 0.29) is 17.5 Å². The van der Waals surface area contributed by atoms with Crippen molar-refractivity contribution >= 4 is 16.9 Å². The molecule has 0 unspecified atom stereocenters. The average Bonchev–Trinajstić information content (AvgIpc) is 3.00. The predicted octanol–water partition coefficient (Wildman–Crippen LogP) is 2.08. The van der Waals surface area contributed by atoms with Crippen LogP contribution >= 0.6 is 0 Å². The van der Waals surface area contributed by atoms with E-state index < -0.39 is 11.2 Å². The summed E-state index contributed by atoms with van der Waals surface area (Å²) in [5.41, 5.74) is 0.392. The lowest BCUT2D eigenvalue weighted by Crippen LogP contribution is -2.37. The number of nitrogens with one attached hydrogen (secondary N) is 2. The molecule has 1 aliphatic rings. The Morgan fingerprint density at radius 2 is 1.81 bits per heavy atom. The molecule has 0 radical (unpaired) electrons. The number of rotatable bonds is 3. The zero-order valence-electron chi connectivity index (χ0n) is 15.2. The number of aromatic nitrogens is 3. The van der Waals surface area contributed by atoms with Crippen LogP contribution in [0, 0.1) is 0 Å². The van der Waals surface area contributed by atoms with Crippen LogP contribution in [0.3, 0.4) is 0 Å². The Morgan fingerprint density at radius 3 is 2.52 bits per heavy atom. The standard InChI is InChI=1S/C20H22N4O3/c1-23-12-15(18(25)21-13-8-4-2-5-9-13)16-17(23)19(26)24(20(27)22-16)14-10-6-3-7-11-14/h3,6-7,10-13H,2,4-5,8-9H2,1H3,(H,21,25)(H,22,27). The van der Waals surface area contributed by atoms with Gasteiger partial charge in [-0.25, -0.2) is 9.36 Å². The summed E-state index contributed by atoms with van der Waals surface area (Å²) in [7, 11) is 1.70. The number of aromatic amines is 1. The van der Waals surface area contributed by atoms with Gasteiger partial charge in [-0.2, -0.15) is 0 Å². The molecular weight excluding hydrogens is 344 g/mol. The van der Waals surface area contributed by atoms with Gasteiger partial charge in [0.05, 0.1) is 16.8 Å². The van der Waals surface area contributed by atoms with Crippen LogP contribution in [0.2, 0.25) is 0 Å². The molecule has 1 aromatic carbocycles. The Labute approximate surface area is 155 Å². The zero-order valence-corrected chi connectivity index (χ0v) is 15.2. The number of fused-ring (bicyclic) bond motifs is 1. The molecule has 0 bridgehead atoms. The molecule has 2 heterocycles. The third kappa shape index (κ3) is 3.09. The van der Waals surface area contributed by atoms with Gasteiger partial charge in [0, 0.05) is 19.3 Å². The number of benzene rings is 1. The fourth-order valence-corrected chi connectivity index (χ4v) is 3.87.